The first kappa shape index (κ1) is 15.0. The topological polar surface area (TPSA) is 46.4 Å². The van der Waals surface area contributed by atoms with E-state index in [-0.39, 0.29) is 5.91 Å². The molecule has 0 aliphatic carbocycles. The maximum Gasteiger partial charge on any atom is 0.246 e. The molecule has 4 heteroatoms. The van der Waals surface area contributed by atoms with Crippen molar-refractivity contribution in [3.8, 4) is 0 Å². The number of aromatic nitrogens is 1. The van der Waals surface area contributed by atoms with Gasteiger partial charge in [0.25, 0.3) is 0 Å². The molecule has 0 aliphatic heterocycles. The van der Waals surface area contributed by atoms with Crippen LogP contribution in [0.15, 0.2) is 65.9 Å². The Morgan fingerprint density at radius 1 is 1.09 bits per heavy atom. The normalized spacial score (nSPS) is 11.7. The van der Waals surface area contributed by atoms with E-state index in [1.807, 2.05) is 55.1 Å². The number of carbonyl (C=O) groups excluding carboxylic acids is 1. The van der Waals surface area contributed by atoms with Crippen LogP contribution in [0.25, 0.3) is 10.8 Å². The standard InChI is InChI=1S/C19H19N3O/c1-14(16-10-9-15-6-3-4-7-17(15)12-16)20-21-19(23)13-18-8-5-11-22(18)2/h3-12H,13H2,1-2H3,(H,21,23)/b20-14+. The second-order valence-electron chi connectivity index (χ2n) is 5.58. The second kappa shape index (κ2) is 6.48. The molecule has 3 aromatic rings. The number of benzene rings is 2. The van der Waals surface area contributed by atoms with Crippen molar-refractivity contribution in [1.29, 1.82) is 0 Å². The number of nitrogens with zero attached hydrogens (tertiary/aromatic N) is 2. The summed E-state index contributed by atoms with van der Waals surface area (Å²) >= 11 is 0. The Hall–Kier alpha value is -2.88. The van der Waals surface area contributed by atoms with Crippen molar-refractivity contribution >= 4 is 22.4 Å². The molecule has 116 valence electrons. The van der Waals surface area contributed by atoms with Crippen LogP contribution in [0, 0.1) is 0 Å². The zero-order valence-corrected chi connectivity index (χ0v) is 13.3. The lowest BCUT2D eigenvalue weighted by Crippen LogP contribution is -2.22. The molecule has 0 saturated heterocycles. The summed E-state index contributed by atoms with van der Waals surface area (Å²) in [6.45, 7) is 1.90. The van der Waals surface area contributed by atoms with Gasteiger partial charge in [-0.1, -0.05) is 36.4 Å². The molecule has 1 N–H and O–H groups in total. The van der Waals surface area contributed by atoms with Gasteiger partial charge >= 0.3 is 0 Å². The maximum absolute atomic E-state index is 12.0. The van der Waals surface area contributed by atoms with Crippen LogP contribution >= 0.6 is 0 Å². The van der Waals surface area contributed by atoms with E-state index in [4.69, 9.17) is 0 Å². The highest BCUT2D eigenvalue weighted by molar-refractivity contribution is 6.02. The molecule has 0 radical (unpaired) electrons. The van der Waals surface area contributed by atoms with Crippen molar-refractivity contribution in [2.75, 3.05) is 0 Å². The number of fused-ring (bicyclic) bond motifs is 1. The predicted molar refractivity (Wildman–Crippen MR) is 93.4 cm³/mol. The number of hydrogen-bond acceptors (Lipinski definition) is 2. The number of amides is 1. The number of carbonyl (C=O) groups is 1. The highest BCUT2D eigenvalue weighted by atomic mass is 16.2. The minimum atomic E-state index is -0.119. The molecule has 4 nitrogen and oxygen atoms in total. The molecule has 0 atom stereocenters. The third-order valence-corrected chi connectivity index (χ3v) is 3.91. The average molecular weight is 305 g/mol. The monoisotopic (exact) mass is 305 g/mol. The Kier molecular flexibility index (Phi) is 4.24. The SMILES string of the molecule is C/C(=N\NC(=O)Cc1cccn1C)c1ccc2ccccc2c1. The summed E-state index contributed by atoms with van der Waals surface area (Å²) in [4.78, 5) is 12.0. The fourth-order valence-corrected chi connectivity index (χ4v) is 2.51. The summed E-state index contributed by atoms with van der Waals surface area (Å²) in [5.74, 6) is -0.119. The molecule has 0 fully saturated rings. The van der Waals surface area contributed by atoms with E-state index in [0.717, 1.165) is 22.4 Å². The van der Waals surface area contributed by atoms with Gasteiger partial charge in [0.15, 0.2) is 0 Å². The van der Waals surface area contributed by atoms with Crippen LogP contribution in [0.4, 0.5) is 0 Å². The molecule has 1 aromatic heterocycles. The Bertz CT molecular complexity index is 877. The molecule has 0 bridgehead atoms. The van der Waals surface area contributed by atoms with Crippen LogP contribution in [0.5, 0.6) is 0 Å². The maximum atomic E-state index is 12.0. The van der Waals surface area contributed by atoms with E-state index >= 15 is 0 Å². The minimum absolute atomic E-state index is 0.119. The molecular weight excluding hydrogens is 286 g/mol. The van der Waals surface area contributed by atoms with Crippen LogP contribution in [0.3, 0.4) is 0 Å². The fraction of sp³-hybridized carbons (Fsp3) is 0.158. The number of hydrazone groups is 1. The van der Waals surface area contributed by atoms with Crippen LogP contribution in [0.1, 0.15) is 18.2 Å². The van der Waals surface area contributed by atoms with Gasteiger partial charge in [-0.15, -0.1) is 0 Å². The largest absolute Gasteiger partial charge is 0.354 e. The van der Waals surface area contributed by atoms with Gasteiger partial charge in [0.2, 0.25) is 5.91 Å². The summed E-state index contributed by atoms with van der Waals surface area (Å²) in [5.41, 5.74) is 5.38. The number of rotatable bonds is 4. The van der Waals surface area contributed by atoms with E-state index in [1.54, 1.807) is 0 Å². The van der Waals surface area contributed by atoms with Crippen LogP contribution in [0.2, 0.25) is 0 Å². The van der Waals surface area contributed by atoms with Crippen molar-refractivity contribution in [2.45, 2.75) is 13.3 Å². The first-order chi connectivity index (χ1) is 11.1. The molecule has 0 unspecified atom stereocenters. The van der Waals surface area contributed by atoms with Crippen LogP contribution < -0.4 is 5.43 Å². The smallest absolute Gasteiger partial charge is 0.246 e. The molecule has 1 amide bonds. The van der Waals surface area contributed by atoms with Gasteiger partial charge in [-0.25, -0.2) is 5.43 Å². The van der Waals surface area contributed by atoms with Crippen molar-refractivity contribution in [1.82, 2.24) is 9.99 Å². The lowest BCUT2D eigenvalue weighted by molar-refractivity contribution is -0.120. The van der Waals surface area contributed by atoms with E-state index in [0.29, 0.717) is 6.42 Å². The van der Waals surface area contributed by atoms with Gasteiger partial charge in [0.1, 0.15) is 0 Å². The molecule has 0 spiro atoms. The van der Waals surface area contributed by atoms with Gasteiger partial charge in [-0.05, 0) is 41.5 Å². The summed E-state index contributed by atoms with van der Waals surface area (Å²) in [6.07, 6.45) is 2.24. The van der Waals surface area contributed by atoms with E-state index in [9.17, 15) is 4.79 Å². The third-order valence-electron chi connectivity index (χ3n) is 3.91. The lowest BCUT2D eigenvalue weighted by atomic mass is 10.0. The summed E-state index contributed by atoms with van der Waals surface area (Å²) in [5, 5.41) is 6.57. The number of aryl methyl sites for hydroxylation is 1. The minimum Gasteiger partial charge on any atom is -0.354 e. The lowest BCUT2D eigenvalue weighted by Gasteiger charge is -2.05. The van der Waals surface area contributed by atoms with Gasteiger partial charge < -0.3 is 4.57 Å². The van der Waals surface area contributed by atoms with Gasteiger partial charge in [0.05, 0.1) is 12.1 Å². The molecule has 23 heavy (non-hydrogen) atoms. The van der Waals surface area contributed by atoms with Crippen molar-refractivity contribution in [2.24, 2.45) is 12.1 Å². The van der Waals surface area contributed by atoms with Crippen LogP contribution in [-0.4, -0.2) is 16.2 Å². The van der Waals surface area contributed by atoms with Crippen molar-refractivity contribution in [3.05, 3.63) is 72.1 Å². The molecule has 2 aromatic carbocycles. The van der Waals surface area contributed by atoms with E-state index in [1.165, 1.54) is 5.39 Å². The Labute approximate surface area is 135 Å². The van der Waals surface area contributed by atoms with E-state index < -0.39 is 0 Å². The summed E-state index contributed by atoms with van der Waals surface area (Å²) < 4.78 is 1.93. The molecule has 0 aliphatic rings. The summed E-state index contributed by atoms with van der Waals surface area (Å²) in [6, 6.07) is 18.2. The number of hydrogen-bond donors (Lipinski definition) is 1. The highest BCUT2D eigenvalue weighted by Crippen LogP contribution is 2.16. The first-order valence-corrected chi connectivity index (χ1v) is 7.56. The first-order valence-electron chi connectivity index (χ1n) is 7.56. The molecule has 1 heterocycles. The zero-order valence-electron chi connectivity index (χ0n) is 13.3. The van der Waals surface area contributed by atoms with Crippen molar-refractivity contribution in [3.63, 3.8) is 0 Å². The molecular formula is C19H19N3O. The van der Waals surface area contributed by atoms with Gasteiger partial charge in [0, 0.05) is 18.9 Å². The Balaban J connectivity index is 1.71. The van der Waals surface area contributed by atoms with Crippen LogP contribution in [-0.2, 0) is 18.3 Å². The third kappa shape index (κ3) is 3.48. The highest BCUT2D eigenvalue weighted by Gasteiger charge is 2.06. The van der Waals surface area contributed by atoms with Gasteiger partial charge in [-0.2, -0.15) is 5.10 Å². The Morgan fingerprint density at radius 2 is 1.87 bits per heavy atom. The average Bonchev–Trinajstić information content (AvgIpc) is 2.97. The van der Waals surface area contributed by atoms with Crippen molar-refractivity contribution < 1.29 is 4.79 Å². The quantitative estimate of drug-likeness (QED) is 0.583. The molecule has 0 saturated carbocycles. The number of nitrogens with one attached hydrogen (secondary N) is 1. The van der Waals surface area contributed by atoms with E-state index in [2.05, 4.69) is 34.8 Å². The van der Waals surface area contributed by atoms with Gasteiger partial charge in [-0.3, -0.25) is 4.79 Å². The zero-order chi connectivity index (χ0) is 16.2. The fourth-order valence-electron chi connectivity index (χ4n) is 2.51. The summed E-state index contributed by atoms with van der Waals surface area (Å²) in [7, 11) is 1.92. The molecule has 3 rings (SSSR count). The Morgan fingerprint density at radius 3 is 2.61 bits per heavy atom. The second-order valence-corrected chi connectivity index (χ2v) is 5.58. The predicted octanol–water partition coefficient (Wildman–Crippen LogP) is 3.26.